The number of aryl methyl sites for hydroxylation is 3. The van der Waals surface area contributed by atoms with Crippen molar-refractivity contribution in [1.29, 1.82) is 0 Å². The van der Waals surface area contributed by atoms with E-state index in [-0.39, 0.29) is 17.4 Å². The molecule has 174 valence electrons. The van der Waals surface area contributed by atoms with Crippen molar-refractivity contribution in [3.8, 4) is 0 Å². The molecule has 1 amide bonds. The van der Waals surface area contributed by atoms with Crippen molar-refractivity contribution < 1.29 is 13.2 Å². The molecule has 0 heterocycles. The SMILES string of the molecule is Cc1cc(C)c(S(=O)(=O)N[C@@H](Cc2ccccc2)C(=O)N[C@H](C)c2ccc(Cl)cc2)c(C)c1. The van der Waals surface area contributed by atoms with Crippen molar-refractivity contribution in [2.75, 3.05) is 0 Å². The van der Waals surface area contributed by atoms with Crippen LogP contribution >= 0.6 is 11.6 Å². The maximum absolute atomic E-state index is 13.4. The number of carbonyl (C=O) groups excluding carboxylic acids is 1. The Balaban J connectivity index is 1.89. The number of carbonyl (C=O) groups is 1. The van der Waals surface area contributed by atoms with Crippen LogP contribution in [0.3, 0.4) is 0 Å². The molecule has 0 radical (unpaired) electrons. The third-order valence-electron chi connectivity index (χ3n) is 5.50. The normalized spacial score (nSPS) is 13.4. The van der Waals surface area contributed by atoms with Crippen molar-refractivity contribution >= 4 is 27.5 Å². The van der Waals surface area contributed by atoms with Crippen LogP contribution in [-0.4, -0.2) is 20.4 Å². The molecule has 0 bridgehead atoms. The van der Waals surface area contributed by atoms with Crippen LogP contribution in [0.15, 0.2) is 71.6 Å². The largest absolute Gasteiger partial charge is 0.348 e. The van der Waals surface area contributed by atoms with Gasteiger partial charge in [-0.25, -0.2) is 8.42 Å². The molecule has 5 nitrogen and oxygen atoms in total. The van der Waals surface area contributed by atoms with Gasteiger partial charge in [-0.1, -0.05) is 71.8 Å². The summed E-state index contributed by atoms with van der Waals surface area (Å²) < 4.78 is 29.4. The molecule has 0 fully saturated rings. The number of hydrogen-bond donors (Lipinski definition) is 2. The fraction of sp³-hybridized carbons (Fsp3) is 0.269. The number of sulfonamides is 1. The van der Waals surface area contributed by atoms with E-state index in [0.717, 1.165) is 16.7 Å². The summed E-state index contributed by atoms with van der Waals surface area (Å²) in [6, 6.07) is 18.9. The third kappa shape index (κ3) is 6.44. The maximum Gasteiger partial charge on any atom is 0.241 e. The van der Waals surface area contributed by atoms with Gasteiger partial charge in [0.1, 0.15) is 6.04 Å². The molecule has 0 aliphatic carbocycles. The van der Waals surface area contributed by atoms with Gasteiger partial charge in [0.05, 0.1) is 10.9 Å². The van der Waals surface area contributed by atoms with Crippen LogP contribution in [0.1, 0.15) is 40.8 Å². The van der Waals surface area contributed by atoms with Crippen LogP contribution in [-0.2, 0) is 21.2 Å². The minimum atomic E-state index is -3.94. The third-order valence-corrected chi connectivity index (χ3v) is 7.53. The lowest BCUT2D eigenvalue weighted by molar-refractivity contribution is -0.123. The summed E-state index contributed by atoms with van der Waals surface area (Å²) in [5, 5.41) is 3.55. The Labute approximate surface area is 201 Å². The summed E-state index contributed by atoms with van der Waals surface area (Å²) >= 11 is 5.96. The summed E-state index contributed by atoms with van der Waals surface area (Å²) in [5.41, 5.74) is 4.01. The second-order valence-electron chi connectivity index (χ2n) is 8.37. The van der Waals surface area contributed by atoms with Crippen molar-refractivity contribution in [2.24, 2.45) is 0 Å². The topological polar surface area (TPSA) is 75.3 Å². The fourth-order valence-corrected chi connectivity index (χ4v) is 5.80. The molecule has 0 saturated carbocycles. The summed E-state index contributed by atoms with van der Waals surface area (Å²) in [6.07, 6.45) is 0.225. The van der Waals surface area contributed by atoms with Crippen molar-refractivity contribution in [1.82, 2.24) is 10.0 Å². The smallest absolute Gasteiger partial charge is 0.241 e. The highest BCUT2D eigenvalue weighted by Crippen LogP contribution is 2.23. The Bertz CT molecular complexity index is 1200. The molecule has 7 heteroatoms. The Hall–Kier alpha value is -2.67. The Morgan fingerprint density at radius 3 is 2.09 bits per heavy atom. The molecule has 2 atom stereocenters. The molecule has 0 aliphatic heterocycles. The van der Waals surface area contributed by atoms with E-state index in [1.165, 1.54) is 0 Å². The number of nitrogens with one attached hydrogen (secondary N) is 2. The van der Waals surface area contributed by atoms with Crippen LogP contribution in [0.5, 0.6) is 0 Å². The zero-order valence-electron chi connectivity index (χ0n) is 19.2. The van der Waals surface area contributed by atoms with Crippen LogP contribution in [0.25, 0.3) is 0 Å². The molecule has 2 N–H and O–H groups in total. The summed E-state index contributed by atoms with van der Waals surface area (Å²) in [5.74, 6) is -0.396. The molecule has 0 aliphatic rings. The summed E-state index contributed by atoms with van der Waals surface area (Å²) in [7, 11) is -3.94. The number of rotatable bonds is 8. The number of hydrogen-bond acceptors (Lipinski definition) is 3. The van der Waals surface area contributed by atoms with E-state index in [1.54, 1.807) is 26.0 Å². The lowest BCUT2D eigenvalue weighted by atomic mass is 10.0. The molecule has 0 unspecified atom stereocenters. The van der Waals surface area contributed by atoms with E-state index in [2.05, 4.69) is 10.0 Å². The minimum Gasteiger partial charge on any atom is -0.348 e. The number of amides is 1. The van der Waals surface area contributed by atoms with Crippen molar-refractivity contribution in [3.63, 3.8) is 0 Å². The van der Waals surface area contributed by atoms with Gasteiger partial charge in [0.25, 0.3) is 0 Å². The molecular weight excluding hydrogens is 456 g/mol. The van der Waals surface area contributed by atoms with Crippen LogP contribution in [0, 0.1) is 20.8 Å². The van der Waals surface area contributed by atoms with Crippen molar-refractivity contribution in [2.45, 2.75) is 51.1 Å². The lowest BCUT2D eigenvalue weighted by Crippen LogP contribution is -2.48. The highest BCUT2D eigenvalue weighted by Gasteiger charge is 2.29. The highest BCUT2D eigenvalue weighted by atomic mass is 35.5. The Morgan fingerprint density at radius 1 is 0.939 bits per heavy atom. The molecular formula is C26H29ClN2O3S. The van der Waals surface area contributed by atoms with Gasteiger partial charge in [-0.15, -0.1) is 0 Å². The van der Waals surface area contributed by atoms with Gasteiger partial charge in [-0.05, 0) is 68.5 Å². The first kappa shape index (κ1) is 25.0. The predicted molar refractivity (Wildman–Crippen MR) is 133 cm³/mol. The molecule has 3 rings (SSSR count). The average molecular weight is 485 g/mol. The molecule has 3 aromatic carbocycles. The van der Waals surface area contributed by atoms with Gasteiger partial charge in [0, 0.05) is 5.02 Å². The lowest BCUT2D eigenvalue weighted by Gasteiger charge is -2.23. The summed E-state index contributed by atoms with van der Waals surface area (Å²) in [4.78, 5) is 13.5. The Kier molecular flexibility index (Phi) is 7.95. The first-order valence-corrected chi connectivity index (χ1v) is 12.6. The first-order valence-electron chi connectivity index (χ1n) is 10.8. The van der Waals surface area contributed by atoms with Crippen LogP contribution in [0.4, 0.5) is 0 Å². The fourth-order valence-electron chi connectivity index (χ4n) is 4.02. The van der Waals surface area contributed by atoms with Gasteiger partial charge in [0.2, 0.25) is 15.9 Å². The van der Waals surface area contributed by atoms with E-state index in [1.807, 2.05) is 68.4 Å². The van der Waals surface area contributed by atoms with Gasteiger partial charge in [-0.2, -0.15) is 4.72 Å². The standard InChI is InChI=1S/C26H29ClN2O3S/c1-17-14-18(2)25(19(3)15-17)33(31,32)29-24(16-21-8-6-5-7-9-21)26(30)28-20(4)22-10-12-23(27)13-11-22/h5-15,20,24,29H,16H2,1-4H3,(H,28,30)/t20-,24+/m1/s1. The van der Waals surface area contributed by atoms with Gasteiger partial charge < -0.3 is 5.32 Å². The second kappa shape index (κ2) is 10.5. The zero-order chi connectivity index (χ0) is 24.2. The molecule has 0 saturated heterocycles. The minimum absolute atomic E-state index is 0.213. The van der Waals surface area contributed by atoms with Crippen LogP contribution in [0.2, 0.25) is 5.02 Å². The van der Waals surface area contributed by atoms with E-state index < -0.39 is 22.0 Å². The van der Waals surface area contributed by atoms with Gasteiger partial charge in [0.15, 0.2) is 0 Å². The summed E-state index contributed by atoms with van der Waals surface area (Å²) in [6.45, 7) is 7.31. The number of benzene rings is 3. The van der Waals surface area contributed by atoms with E-state index in [9.17, 15) is 13.2 Å². The van der Waals surface area contributed by atoms with Crippen LogP contribution < -0.4 is 10.0 Å². The zero-order valence-corrected chi connectivity index (χ0v) is 20.8. The monoisotopic (exact) mass is 484 g/mol. The van der Waals surface area contributed by atoms with E-state index in [0.29, 0.717) is 16.1 Å². The first-order chi connectivity index (χ1) is 15.6. The molecule has 0 aromatic heterocycles. The van der Waals surface area contributed by atoms with E-state index in [4.69, 9.17) is 11.6 Å². The van der Waals surface area contributed by atoms with Gasteiger partial charge in [-0.3, -0.25) is 4.79 Å². The highest BCUT2D eigenvalue weighted by molar-refractivity contribution is 7.89. The predicted octanol–water partition coefficient (Wildman–Crippen LogP) is 5.03. The quantitative estimate of drug-likeness (QED) is 0.470. The maximum atomic E-state index is 13.4. The molecule has 0 spiro atoms. The molecule has 33 heavy (non-hydrogen) atoms. The van der Waals surface area contributed by atoms with Gasteiger partial charge >= 0.3 is 0 Å². The second-order valence-corrected chi connectivity index (χ2v) is 10.5. The number of halogens is 1. The average Bonchev–Trinajstić information content (AvgIpc) is 2.73. The van der Waals surface area contributed by atoms with E-state index >= 15 is 0 Å². The van der Waals surface area contributed by atoms with Crippen molar-refractivity contribution in [3.05, 3.63) is 99.6 Å². The molecule has 3 aromatic rings. The Morgan fingerprint density at radius 2 is 1.52 bits per heavy atom.